The van der Waals surface area contributed by atoms with Gasteiger partial charge in [0, 0.05) is 17.8 Å². The molecule has 0 saturated carbocycles. The van der Waals surface area contributed by atoms with Crippen molar-refractivity contribution in [2.24, 2.45) is 0 Å². The highest BCUT2D eigenvalue weighted by Crippen LogP contribution is 2.36. The zero-order valence-corrected chi connectivity index (χ0v) is 17.1. The number of sulfonamides is 1. The molecule has 30 heavy (non-hydrogen) atoms. The Labute approximate surface area is 175 Å². The number of fused-ring (bicyclic) bond motifs is 1. The molecule has 2 atom stereocenters. The average molecular weight is 417 g/mol. The third-order valence-electron chi connectivity index (χ3n) is 5.19. The molecule has 1 aliphatic heterocycles. The maximum Gasteiger partial charge on any atom is 0.264 e. The van der Waals surface area contributed by atoms with Crippen LogP contribution in [0.25, 0.3) is 0 Å². The number of anilines is 1. The van der Waals surface area contributed by atoms with Gasteiger partial charge < -0.3 is 0 Å². The van der Waals surface area contributed by atoms with Gasteiger partial charge in [-0.2, -0.15) is 5.26 Å². The molecular weight excluding hydrogens is 398 g/mol. The number of carbonyl (C=O) groups is 1. The van der Waals surface area contributed by atoms with Crippen LogP contribution in [0.15, 0.2) is 77.8 Å². The van der Waals surface area contributed by atoms with E-state index >= 15 is 0 Å². The molecule has 0 radical (unpaired) electrons. The summed E-state index contributed by atoms with van der Waals surface area (Å²) >= 11 is 0. The van der Waals surface area contributed by atoms with Crippen LogP contribution in [0.5, 0.6) is 0 Å². The summed E-state index contributed by atoms with van der Waals surface area (Å²) < 4.78 is 28.3. The summed E-state index contributed by atoms with van der Waals surface area (Å²) in [6.07, 6.45) is 2.14. The fraction of sp³-hybridized carbons (Fsp3) is 0.174. The maximum absolute atomic E-state index is 13.4. The quantitative estimate of drug-likeness (QED) is 0.590. The van der Waals surface area contributed by atoms with Crippen LogP contribution in [0.1, 0.15) is 34.5 Å². The van der Waals surface area contributed by atoms with Gasteiger partial charge in [0.15, 0.2) is 11.7 Å². The van der Waals surface area contributed by atoms with Gasteiger partial charge in [0.2, 0.25) is 0 Å². The van der Waals surface area contributed by atoms with Crippen LogP contribution >= 0.6 is 0 Å². The molecule has 1 aromatic heterocycles. The lowest BCUT2D eigenvalue weighted by Crippen LogP contribution is -2.35. The van der Waals surface area contributed by atoms with Gasteiger partial charge in [0.1, 0.15) is 0 Å². The number of hydrogen-bond acceptors (Lipinski definition) is 5. The lowest BCUT2D eigenvalue weighted by atomic mass is 9.95. The van der Waals surface area contributed by atoms with Crippen molar-refractivity contribution in [1.29, 1.82) is 5.26 Å². The number of Topliss-reactive ketones (excluding diaryl/α,β-unsaturated/α-hetero) is 1. The number of para-hydroxylation sites is 1. The fourth-order valence-corrected chi connectivity index (χ4v) is 5.54. The van der Waals surface area contributed by atoms with Gasteiger partial charge in [0.25, 0.3) is 10.0 Å². The number of benzene rings is 2. The Morgan fingerprint density at radius 3 is 2.63 bits per heavy atom. The minimum absolute atomic E-state index is 0.0228. The second-order valence-electron chi connectivity index (χ2n) is 7.19. The lowest BCUT2D eigenvalue weighted by molar-refractivity contribution is 0.0977. The Morgan fingerprint density at radius 1 is 1.13 bits per heavy atom. The predicted octanol–water partition coefficient (Wildman–Crippen LogP) is 3.71. The predicted molar refractivity (Wildman–Crippen MR) is 113 cm³/mol. The topological polar surface area (TPSA) is 91.1 Å². The van der Waals surface area contributed by atoms with Crippen molar-refractivity contribution in [3.63, 3.8) is 0 Å². The highest BCUT2D eigenvalue weighted by molar-refractivity contribution is 7.92. The van der Waals surface area contributed by atoms with Crippen molar-refractivity contribution in [3.05, 3.63) is 89.7 Å². The molecule has 7 heteroatoms. The zero-order chi connectivity index (χ0) is 21.3. The van der Waals surface area contributed by atoms with Crippen LogP contribution in [0.4, 0.5) is 5.69 Å². The molecule has 0 unspecified atom stereocenters. The van der Waals surface area contributed by atoms with Gasteiger partial charge in [-0.3, -0.25) is 14.1 Å². The van der Waals surface area contributed by atoms with Crippen molar-refractivity contribution in [1.82, 2.24) is 4.98 Å². The first kappa shape index (κ1) is 19.8. The number of rotatable bonds is 5. The Morgan fingerprint density at radius 2 is 1.90 bits per heavy atom. The molecule has 0 saturated heterocycles. The third-order valence-corrected chi connectivity index (χ3v) is 7.12. The molecule has 4 rings (SSSR count). The summed E-state index contributed by atoms with van der Waals surface area (Å²) in [5.41, 5.74) is 2.12. The zero-order valence-electron chi connectivity index (χ0n) is 16.3. The highest BCUT2D eigenvalue weighted by atomic mass is 32.2. The summed E-state index contributed by atoms with van der Waals surface area (Å²) in [5.74, 6) is -1.58. The van der Waals surface area contributed by atoms with Crippen LogP contribution < -0.4 is 4.31 Å². The second kappa shape index (κ2) is 7.73. The normalized spacial score (nSPS) is 16.5. The summed E-state index contributed by atoms with van der Waals surface area (Å²) in [6.45, 7) is 1.86. The molecule has 6 nitrogen and oxygen atoms in total. The van der Waals surface area contributed by atoms with E-state index in [0.29, 0.717) is 17.8 Å². The van der Waals surface area contributed by atoms with E-state index in [2.05, 4.69) is 4.98 Å². The van der Waals surface area contributed by atoms with Crippen LogP contribution in [0.3, 0.4) is 0 Å². The molecule has 150 valence electrons. The molecule has 2 heterocycles. The minimum Gasteiger partial charge on any atom is -0.292 e. The summed E-state index contributed by atoms with van der Waals surface area (Å²) in [7, 11) is -3.87. The van der Waals surface area contributed by atoms with E-state index in [1.807, 2.05) is 31.2 Å². The first-order chi connectivity index (χ1) is 14.4. The second-order valence-corrected chi connectivity index (χ2v) is 9.01. The van der Waals surface area contributed by atoms with Gasteiger partial charge in [-0.05, 0) is 49.2 Å². The van der Waals surface area contributed by atoms with Gasteiger partial charge in [-0.15, -0.1) is 0 Å². The molecule has 0 spiro atoms. The van der Waals surface area contributed by atoms with Crippen molar-refractivity contribution >= 4 is 21.5 Å². The van der Waals surface area contributed by atoms with E-state index in [0.717, 1.165) is 5.56 Å². The minimum atomic E-state index is -3.87. The van der Waals surface area contributed by atoms with E-state index < -0.39 is 21.7 Å². The average Bonchev–Trinajstić information content (AvgIpc) is 3.11. The molecule has 0 N–H and O–H groups in total. The first-order valence-electron chi connectivity index (χ1n) is 9.50. The van der Waals surface area contributed by atoms with E-state index in [-0.39, 0.29) is 16.5 Å². The SMILES string of the molecule is C[C@H]1Cc2ccccc2N1S(=O)(=O)c1cccc(C(=O)[C@@H](C#N)c2ccccn2)c1. The van der Waals surface area contributed by atoms with Gasteiger partial charge in [0.05, 0.1) is 22.3 Å². The number of nitriles is 1. The van der Waals surface area contributed by atoms with Crippen molar-refractivity contribution in [2.75, 3.05) is 4.31 Å². The summed E-state index contributed by atoms with van der Waals surface area (Å²) in [4.78, 5) is 17.1. The van der Waals surface area contributed by atoms with Gasteiger partial charge in [-0.25, -0.2) is 8.42 Å². The Hall–Kier alpha value is -3.50. The van der Waals surface area contributed by atoms with E-state index in [9.17, 15) is 18.5 Å². The number of ketones is 1. The molecule has 3 aromatic rings. The largest absolute Gasteiger partial charge is 0.292 e. The maximum atomic E-state index is 13.4. The number of hydrogen-bond donors (Lipinski definition) is 0. The van der Waals surface area contributed by atoms with Crippen molar-refractivity contribution in [3.8, 4) is 6.07 Å². The van der Waals surface area contributed by atoms with Crippen LogP contribution in [-0.2, 0) is 16.4 Å². The molecule has 1 aliphatic rings. The molecule has 0 aliphatic carbocycles. The molecule has 0 amide bonds. The molecular formula is C23H19N3O3S. The monoisotopic (exact) mass is 417 g/mol. The Bertz CT molecular complexity index is 1250. The lowest BCUT2D eigenvalue weighted by Gasteiger charge is -2.24. The number of pyridine rings is 1. The number of aromatic nitrogens is 1. The van der Waals surface area contributed by atoms with E-state index in [1.165, 1.54) is 34.8 Å². The number of nitrogens with zero attached hydrogens (tertiary/aromatic N) is 3. The smallest absolute Gasteiger partial charge is 0.264 e. The van der Waals surface area contributed by atoms with Crippen LogP contribution in [0, 0.1) is 11.3 Å². The van der Waals surface area contributed by atoms with Gasteiger partial charge in [-0.1, -0.05) is 36.4 Å². The number of carbonyl (C=O) groups excluding carboxylic acids is 1. The van der Waals surface area contributed by atoms with Crippen LogP contribution in [-0.4, -0.2) is 25.2 Å². The molecule has 0 fully saturated rings. The van der Waals surface area contributed by atoms with E-state index in [1.54, 1.807) is 24.3 Å². The Balaban J connectivity index is 1.72. The third kappa shape index (κ3) is 3.36. The fourth-order valence-electron chi connectivity index (χ4n) is 3.80. The molecule has 0 bridgehead atoms. The van der Waals surface area contributed by atoms with Gasteiger partial charge >= 0.3 is 0 Å². The highest BCUT2D eigenvalue weighted by Gasteiger charge is 2.36. The van der Waals surface area contributed by atoms with Crippen LogP contribution in [0.2, 0.25) is 0 Å². The standard InChI is InChI=1S/C23H19N3O3S/c1-16-13-17-7-2-3-11-22(17)26(16)30(28,29)19-9-6-8-18(14-19)23(27)20(15-24)21-10-4-5-12-25-21/h2-12,14,16,20H,13H2,1H3/t16-,20-/m0/s1. The summed E-state index contributed by atoms with van der Waals surface area (Å²) in [6, 6.07) is 20.0. The summed E-state index contributed by atoms with van der Waals surface area (Å²) in [5, 5.41) is 9.52. The van der Waals surface area contributed by atoms with Crippen molar-refractivity contribution < 1.29 is 13.2 Å². The Kier molecular flexibility index (Phi) is 5.10. The van der Waals surface area contributed by atoms with Crippen molar-refractivity contribution in [2.45, 2.75) is 30.2 Å². The first-order valence-corrected chi connectivity index (χ1v) is 10.9. The van der Waals surface area contributed by atoms with E-state index in [4.69, 9.17) is 0 Å². The molecule has 2 aromatic carbocycles.